The van der Waals surface area contributed by atoms with Gasteiger partial charge in [0.15, 0.2) is 5.82 Å². The molecule has 0 fully saturated rings. The second-order valence-electron chi connectivity index (χ2n) is 3.88. The van der Waals surface area contributed by atoms with Gasteiger partial charge in [0.25, 0.3) is 0 Å². The molecule has 1 atom stereocenters. The lowest BCUT2D eigenvalue weighted by atomic mass is 10.1. The van der Waals surface area contributed by atoms with Crippen LogP contribution in [0.5, 0.6) is 0 Å². The van der Waals surface area contributed by atoms with E-state index < -0.39 is 17.7 Å². The number of rotatable bonds is 4. The Kier molecular flexibility index (Phi) is 3.66. The summed E-state index contributed by atoms with van der Waals surface area (Å²) in [6.45, 7) is 1.78. The SMILES string of the molecule is CCC(O)c1noc(Cc2ccc(F)cc2F)n1. The molecule has 0 saturated carbocycles. The average molecular weight is 254 g/mol. The summed E-state index contributed by atoms with van der Waals surface area (Å²) in [7, 11) is 0. The summed E-state index contributed by atoms with van der Waals surface area (Å²) < 4.78 is 31.0. The summed E-state index contributed by atoms with van der Waals surface area (Å²) in [5, 5.41) is 13.1. The second-order valence-corrected chi connectivity index (χ2v) is 3.88. The first-order valence-electron chi connectivity index (χ1n) is 5.54. The maximum atomic E-state index is 13.4. The van der Waals surface area contributed by atoms with E-state index in [2.05, 4.69) is 10.1 Å². The van der Waals surface area contributed by atoms with Gasteiger partial charge in [0.05, 0.1) is 6.42 Å². The Morgan fingerprint density at radius 1 is 1.39 bits per heavy atom. The Balaban J connectivity index is 2.16. The number of halogens is 2. The first kappa shape index (κ1) is 12.6. The lowest BCUT2D eigenvalue weighted by Gasteiger charge is -1.99. The van der Waals surface area contributed by atoms with Gasteiger partial charge in [0.1, 0.15) is 17.7 Å². The smallest absolute Gasteiger partial charge is 0.231 e. The molecule has 0 bridgehead atoms. The Bertz CT molecular complexity index is 543. The fourth-order valence-electron chi connectivity index (χ4n) is 1.49. The van der Waals surface area contributed by atoms with Crippen molar-refractivity contribution < 1.29 is 18.4 Å². The van der Waals surface area contributed by atoms with Crippen molar-refractivity contribution in [3.63, 3.8) is 0 Å². The third kappa shape index (κ3) is 2.70. The molecule has 96 valence electrons. The van der Waals surface area contributed by atoms with Crippen molar-refractivity contribution in [1.29, 1.82) is 0 Å². The second kappa shape index (κ2) is 5.22. The fourth-order valence-corrected chi connectivity index (χ4v) is 1.49. The van der Waals surface area contributed by atoms with Crippen LogP contribution in [0.25, 0.3) is 0 Å². The highest BCUT2D eigenvalue weighted by molar-refractivity contribution is 5.21. The average Bonchev–Trinajstić information content (AvgIpc) is 2.80. The molecule has 0 radical (unpaired) electrons. The van der Waals surface area contributed by atoms with Crippen molar-refractivity contribution >= 4 is 0 Å². The van der Waals surface area contributed by atoms with Gasteiger partial charge in [-0.25, -0.2) is 8.78 Å². The number of aliphatic hydroxyl groups is 1. The zero-order valence-corrected chi connectivity index (χ0v) is 9.73. The van der Waals surface area contributed by atoms with E-state index in [1.807, 2.05) is 0 Å². The highest BCUT2D eigenvalue weighted by atomic mass is 19.1. The molecule has 2 aromatic rings. The van der Waals surface area contributed by atoms with Crippen LogP contribution in [-0.4, -0.2) is 15.2 Å². The van der Waals surface area contributed by atoms with Gasteiger partial charge in [0, 0.05) is 6.07 Å². The van der Waals surface area contributed by atoms with Crippen LogP contribution < -0.4 is 0 Å². The minimum atomic E-state index is -0.791. The van der Waals surface area contributed by atoms with Gasteiger partial charge in [-0.1, -0.05) is 18.1 Å². The van der Waals surface area contributed by atoms with Gasteiger partial charge in [-0.2, -0.15) is 4.98 Å². The van der Waals surface area contributed by atoms with Gasteiger partial charge < -0.3 is 9.63 Å². The Labute approximate surface area is 102 Å². The standard InChI is InChI=1S/C12H12F2N2O2/c1-2-10(17)12-15-11(18-16-12)5-7-3-4-8(13)6-9(7)14/h3-4,6,10,17H,2,5H2,1H3. The first-order valence-corrected chi connectivity index (χ1v) is 5.54. The van der Waals surface area contributed by atoms with Crippen LogP contribution in [0.4, 0.5) is 8.78 Å². The van der Waals surface area contributed by atoms with Crippen molar-refractivity contribution in [2.45, 2.75) is 25.9 Å². The molecule has 1 unspecified atom stereocenters. The molecule has 4 nitrogen and oxygen atoms in total. The summed E-state index contributed by atoms with van der Waals surface area (Å²) in [5.41, 5.74) is 0.262. The van der Waals surface area contributed by atoms with Gasteiger partial charge in [-0.05, 0) is 18.1 Å². The predicted octanol–water partition coefficient (Wildman–Crippen LogP) is 2.38. The molecule has 0 spiro atoms. The summed E-state index contributed by atoms with van der Waals surface area (Å²) >= 11 is 0. The van der Waals surface area contributed by atoms with Crippen molar-refractivity contribution in [2.24, 2.45) is 0 Å². The Hall–Kier alpha value is -1.82. The molecule has 2 rings (SSSR count). The summed E-state index contributed by atoms with van der Waals surface area (Å²) in [6.07, 6.45) is -0.264. The molecule has 1 aromatic carbocycles. The number of aromatic nitrogens is 2. The maximum absolute atomic E-state index is 13.4. The van der Waals surface area contributed by atoms with Gasteiger partial charge in [-0.15, -0.1) is 0 Å². The minimum absolute atomic E-state index is 0.0650. The number of hydrogen-bond donors (Lipinski definition) is 1. The number of benzene rings is 1. The van der Waals surface area contributed by atoms with Crippen molar-refractivity contribution in [3.8, 4) is 0 Å². The van der Waals surface area contributed by atoms with Crippen LogP contribution in [0, 0.1) is 11.6 Å². The lowest BCUT2D eigenvalue weighted by Crippen LogP contribution is -1.98. The molecule has 0 amide bonds. The van der Waals surface area contributed by atoms with E-state index in [1.54, 1.807) is 6.92 Å². The third-order valence-electron chi connectivity index (χ3n) is 2.53. The largest absolute Gasteiger partial charge is 0.385 e. The third-order valence-corrected chi connectivity index (χ3v) is 2.53. The Morgan fingerprint density at radius 2 is 2.17 bits per heavy atom. The van der Waals surface area contributed by atoms with Crippen LogP contribution in [-0.2, 0) is 6.42 Å². The molecule has 6 heteroatoms. The van der Waals surface area contributed by atoms with E-state index in [-0.39, 0.29) is 23.7 Å². The van der Waals surface area contributed by atoms with Crippen molar-refractivity contribution in [1.82, 2.24) is 10.1 Å². The molecule has 18 heavy (non-hydrogen) atoms. The molecule has 0 aliphatic carbocycles. The lowest BCUT2D eigenvalue weighted by molar-refractivity contribution is 0.159. The molecular weight excluding hydrogens is 242 g/mol. The molecule has 0 saturated heterocycles. The van der Waals surface area contributed by atoms with Crippen LogP contribution in [0.2, 0.25) is 0 Å². The van der Waals surface area contributed by atoms with Gasteiger partial charge >= 0.3 is 0 Å². The summed E-state index contributed by atoms with van der Waals surface area (Å²) in [5.74, 6) is -0.937. The number of hydrogen-bond acceptors (Lipinski definition) is 4. The zero-order valence-electron chi connectivity index (χ0n) is 9.73. The maximum Gasteiger partial charge on any atom is 0.231 e. The zero-order chi connectivity index (χ0) is 13.1. The molecular formula is C12H12F2N2O2. The van der Waals surface area contributed by atoms with E-state index >= 15 is 0 Å². The van der Waals surface area contributed by atoms with Gasteiger partial charge in [-0.3, -0.25) is 0 Å². The van der Waals surface area contributed by atoms with E-state index in [1.165, 1.54) is 6.07 Å². The predicted molar refractivity (Wildman–Crippen MR) is 58.7 cm³/mol. The van der Waals surface area contributed by atoms with Crippen LogP contribution in [0.15, 0.2) is 22.7 Å². The van der Waals surface area contributed by atoms with E-state index in [0.29, 0.717) is 6.42 Å². The van der Waals surface area contributed by atoms with E-state index in [9.17, 15) is 13.9 Å². The fraction of sp³-hybridized carbons (Fsp3) is 0.333. The van der Waals surface area contributed by atoms with Crippen molar-refractivity contribution in [2.75, 3.05) is 0 Å². The summed E-state index contributed by atoms with van der Waals surface area (Å²) in [6, 6.07) is 3.29. The molecule has 1 heterocycles. The first-order chi connectivity index (χ1) is 8.60. The van der Waals surface area contributed by atoms with E-state index in [0.717, 1.165) is 12.1 Å². The van der Waals surface area contributed by atoms with Crippen molar-refractivity contribution in [3.05, 3.63) is 47.1 Å². The van der Waals surface area contributed by atoms with E-state index in [4.69, 9.17) is 4.52 Å². The normalized spacial score (nSPS) is 12.7. The monoisotopic (exact) mass is 254 g/mol. The topological polar surface area (TPSA) is 59.2 Å². The van der Waals surface area contributed by atoms with Crippen LogP contribution in [0.1, 0.15) is 36.7 Å². The molecule has 1 aromatic heterocycles. The van der Waals surface area contributed by atoms with Crippen LogP contribution >= 0.6 is 0 Å². The number of nitrogens with zero attached hydrogens (tertiary/aromatic N) is 2. The number of aliphatic hydroxyl groups excluding tert-OH is 1. The van der Waals surface area contributed by atoms with Crippen LogP contribution in [0.3, 0.4) is 0 Å². The highest BCUT2D eigenvalue weighted by Crippen LogP contribution is 2.16. The molecule has 0 aliphatic heterocycles. The minimum Gasteiger partial charge on any atom is -0.385 e. The molecule has 0 aliphatic rings. The quantitative estimate of drug-likeness (QED) is 0.910. The highest BCUT2D eigenvalue weighted by Gasteiger charge is 2.15. The van der Waals surface area contributed by atoms with Gasteiger partial charge in [0.2, 0.25) is 5.89 Å². The summed E-state index contributed by atoms with van der Waals surface area (Å²) in [4.78, 5) is 3.95. The molecule has 1 N–H and O–H groups in total. The Morgan fingerprint density at radius 3 is 2.83 bits per heavy atom.